The van der Waals surface area contributed by atoms with Gasteiger partial charge in [-0.05, 0) is 26.0 Å². The van der Waals surface area contributed by atoms with Gasteiger partial charge in [0.15, 0.2) is 5.16 Å². The largest absolute Gasteiger partial charge is 0.465 e. The van der Waals surface area contributed by atoms with Crippen molar-refractivity contribution >= 4 is 28.6 Å². The number of fused-ring (bicyclic) bond motifs is 1. The van der Waals surface area contributed by atoms with Crippen LogP contribution in [0, 0.1) is 0 Å². The van der Waals surface area contributed by atoms with E-state index in [2.05, 4.69) is 4.98 Å². The molecule has 5 nitrogen and oxygen atoms in total. The molecule has 0 saturated carbocycles. The average Bonchev–Trinajstić information content (AvgIpc) is 2.44. The van der Waals surface area contributed by atoms with Crippen LogP contribution < -0.4 is 5.56 Å². The third kappa shape index (κ3) is 2.85. The Morgan fingerprint density at radius 1 is 1.45 bits per heavy atom. The summed E-state index contributed by atoms with van der Waals surface area (Å²) in [4.78, 5) is 28.3. The molecule has 2 aromatic rings. The molecule has 2 rings (SSSR count). The fourth-order valence-electron chi connectivity index (χ4n) is 1.77. The molecule has 1 heterocycles. The lowest BCUT2D eigenvalue weighted by Gasteiger charge is -2.12. The smallest absolute Gasteiger partial charge is 0.319 e. The van der Waals surface area contributed by atoms with E-state index in [9.17, 15) is 9.59 Å². The molecule has 0 aliphatic heterocycles. The molecule has 0 saturated heterocycles. The number of nitrogens with zero attached hydrogens (tertiary/aromatic N) is 2. The highest BCUT2D eigenvalue weighted by Gasteiger charge is 2.18. The Labute approximate surface area is 121 Å². The highest BCUT2D eigenvalue weighted by Crippen LogP contribution is 2.22. The normalized spacial score (nSPS) is 12.3. The van der Waals surface area contributed by atoms with Crippen molar-refractivity contribution in [2.24, 2.45) is 7.05 Å². The molecule has 0 fully saturated rings. The highest BCUT2D eigenvalue weighted by molar-refractivity contribution is 8.00. The average molecular weight is 292 g/mol. The number of benzene rings is 1. The maximum atomic E-state index is 12.2. The third-order valence-corrected chi connectivity index (χ3v) is 3.96. The Balaban J connectivity index is 2.38. The number of hydrogen-bond acceptors (Lipinski definition) is 5. The van der Waals surface area contributed by atoms with Crippen molar-refractivity contribution in [3.8, 4) is 0 Å². The van der Waals surface area contributed by atoms with Crippen molar-refractivity contribution in [3.05, 3.63) is 34.6 Å². The van der Waals surface area contributed by atoms with Crippen LogP contribution in [0.2, 0.25) is 0 Å². The molecule has 1 atom stereocenters. The van der Waals surface area contributed by atoms with Gasteiger partial charge in [0.25, 0.3) is 5.56 Å². The Bertz CT molecular complexity index is 696. The minimum Gasteiger partial charge on any atom is -0.465 e. The minimum atomic E-state index is -0.408. The summed E-state index contributed by atoms with van der Waals surface area (Å²) >= 11 is 1.22. The van der Waals surface area contributed by atoms with E-state index >= 15 is 0 Å². The molecule has 1 aromatic carbocycles. The van der Waals surface area contributed by atoms with Crippen LogP contribution in [0.25, 0.3) is 10.9 Å². The second-order valence-corrected chi connectivity index (χ2v) is 5.60. The van der Waals surface area contributed by atoms with Gasteiger partial charge in [-0.25, -0.2) is 4.98 Å². The number of hydrogen-bond donors (Lipinski definition) is 0. The third-order valence-electron chi connectivity index (χ3n) is 2.84. The molecule has 1 aromatic heterocycles. The first-order valence-corrected chi connectivity index (χ1v) is 7.21. The molecule has 0 spiro atoms. The Kier molecular flexibility index (Phi) is 4.44. The van der Waals surface area contributed by atoms with Gasteiger partial charge in [0.2, 0.25) is 0 Å². The first kappa shape index (κ1) is 14.6. The van der Waals surface area contributed by atoms with Crippen LogP contribution in [0.3, 0.4) is 0 Å². The topological polar surface area (TPSA) is 61.2 Å². The molecule has 106 valence electrons. The Morgan fingerprint density at radius 2 is 2.15 bits per heavy atom. The van der Waals surface area contributed by atoms with Crippen LogP contribution >= 0.6 is 11.8 Å². The van der Waals surface area contributed by atoms with E-state index < -0.39 is 5.25 Å². The molecule has 20 heavy (non-hydrogen) atoms. The number of esters is 1. The van der Waals surface area contributed by atoms with Crippen LogP contribution in [0.4, 0.5) is 0 Å². The first-order chi connectivity index (χ1) is 9.54. The zero-order valence-electron chi connectivity index (χ0n) is 11.6. The number of aromatic nitrogens is 2. The molecular weight excluding hydrogens is 276 g/mol. The number of carbonyl (C=O) groups is 1. The SMILES string of the molecule is CCOC(=O)C(C)Sc1nc2ccccc2c(=O)n1C. The summed E-state index contributed by atoms with van der Waals surface area (Å²) in [5.74, 6) is -0.306. The van der Waals surface area contributed by atoms with Gasteiger partial charge in [-0.3, -0.25) is 14.2 Å². The molecule has 0 radical (unpaired) electrons. The monoisotopic (exact) mass is 292 g/mol. The quantitative estimate of drug-likeness (QED) is 0.490. The van der Waals surface area contributed by atoms with Gasteiger partial charge in [0, 0.05) is 7.05 Å². The van der Waals surface area contributed by atoms with Gasteiger partial charge in [0.1, 0.15) is 5.25 Å². The van der Waals surface area contributed by atoms with Gasteiger partial charge in [-0.15, -0.1) is 0 Å². The fraction of sp³-hybridized carbons (Fsp3) is 0.357. The lowest BCUT2D eigenvalue weighted by atomic mass is 10.2. The predicted octanol–water partition coefficient (Wildman–Crippen LogP) is 1.98. The van der Waals surface area contributed by atoms with Crippen molar-refractivity contribution < 1.29 is 9.53 Å². The fourth-order valence-corrected chi connectivity index (χ4v) is 2.64. The van der Waals surface area contributed by atoms with Crippen LogP contribution in [0.5, 0.6) is 0 Å². The van der Waals surface area contributed by atoms with E-state index in [0.29, 0.717) is 22.7 Å². The van der Waals surface area contributed by atoms with Crippen LogP contribution in [0.15, 0.2) is 34.2 Å². The number of rotatable bonds is 4. The summed E-state index contributed by atoms with van der Waals surface area (Å²) in [5, 5.41) is 0.673. The molecule has 1 unspecified atom stereocenters. The zero-order chi connectivity index (χ0) is 14.7. The second-order valence-electron chi connectivity index (χ2n) is 4.29. The molecule has 6 heteroatoms. The van der Waals surface area contributed by atoms with Crippen LogP contribution in [-0.2, 0) is 16.6 Å². The van der Waals surface area contributed by atoms with E-state index in [1.54, 1.807) is 39.1 Å². The lowest BCUT2D eigenvalue weighted by molar-refractivity contribution is -0.142. The molecule has 0 amide bonds. The van der Waals surface area contributed by atoms with Crippen molar-refractivity contribution in [3.63, 3.8) is 0 Å². The van der Waals surface area contributed by atoms with Crippen molar-refractivity contribution in [1.82, 2.24) is 9.55 Å². The van der Waals surface area contributed by atoms with E-state index in [-0.39, 0.29) is 11.5 Å². The predicted molar refractivity (Wildman–Crippen MR) is 78.9 cm³/mol. The van der Waals surface area contributed by atoms with Gasteiger partial charge >= 0.3 is 5.97 Å². The van der Waals surface area contributed by atoms with E-state index in [0.717, 1.165) is 0 Å². The number of ether oxygens (including phenoxy) is 1. The first-order valence-electron chi connectivity index (χ1n) is 6.33. The summed E-state index contributed by atoms with van der Waals surface area (Å²) in [6, 6.07) is 7.17. The summed E-state index contributed by atoms with van der Waals surface area (Å²) in [6.07, 6.45) is 0. The molecule has 0 bridgehead atoms. The van der Waals surface area contributed by atoms with Gasteiger partial charge in [-0.2, -0.15) is 0 Å². The minimum absolute atomic E-state index is 0.117. The number of para-hydroxylation sites is 1. The van der Waals surface area contributed by atoms with Gasteiger partial charge < -0.3 is 4.74 Å². The van der Waals surface area contributed by atoms with Crippen molar-refractivity contribution in [2.75, 3.05) is 6.61 Å². The second kappa shape index (κ2) is 6.09. The van der Waals surface area contributed by atoms with E-state index in [1.807, 2.05) is 6.07 Å². The maximum Gasteiger partial charge on any atom is 0.319 e. The van der Waals surface area contributed by atoms with Crippen LogP contribution in [0.1, 0.15) is 13.8 Å². The van der Waals surface area contributed by atoms with E-state index in [1.165, 1.54) is 16.3 Å². The van der Waals surface area contributed by atoms with Crippen LogP contribution in [-0.4, -0.2) is 27.4 Å². The Morgan fingerprint density at radius 3 is 2.85 bits per heavy atom. The molecule has 0 N–H and O–H groups in total. The van der Waals surface area contributed by atoms with Crippen molar-refractivity contribution in [2.45, 2.75) is 24.3 Å². The number of thioether (sulfide) groups is 1. The standard InChI is InChI=1S/C14H16N2O3S/c1-4-19-13(18)9(2)20-14-15-11-8-6-5-7-10(11)12(17)16(14)3/h5-9H,4H2,1-3H3. The van der Waals surface area contributed by atoms with E-state index in [4.69, 9.17) is 4.74 Å². The van der Waals surface area contributed by atoms with Gasteiger partial charge in [0.05, 0.1) is 17.5 Å². The molecule has 0 aliphatic carbocycles. The Hall–Kier alpha value is -1.82. The number of carbonyl (C=O) groups excluding carboxylic acids is 1. The summed E-state index contributed by atoms with van der Waals surface area (Å²) in [5.41, 5.74) is 0.517. The molecule has 0 aliphatic rings. The maximum absolute atomic E-state index is 12.2. The summed E-state index contributed by atoms with van der Waals surface area (Å²) < 4.78 is 6.42. The molecular formula is C14H16N2O3S. The van der Waals surface area contributed by atoms with Crippen molar-refractivity contribution in [1.29, 1.82) is 0 Å². The zero-order valence-corrected chi connectivity index (χ0v) is 12.4. The summed E-state index contributed by atoms with van der Waals surface area (Å²) in [7, 11) is 1.65. The summed E-state index contributed by atoms with van der Waals surface area (Å²) in [6.45, 7) is 3.84. The highest BCUT2D eigenvalue weighted by atomic mass is 32.2. The van der Waals surface area contributed by atoms with Gasteiger partial charge in [-0.1, -0.05) is 23.9 Å². The lowest BCUT2D eigenvalue weighted by Crippen LogP contribution is -2.23.